The van der Waals surface area contributed by atoms with Gasteiger partial charge in [-0.15, -0.1) is 0 Å². The van der Waals surface area contributed by atoms with E-state index in [2.05, 4.69) is 0 Å². The maximum absolute atomic E-state index is 11.6. The van der Waals surface area contributed by atoms with Gasteiger partial charge in [-0.2, -0.15) is 0 Å². The van der Waals surface area contributed by atoms with Gasteiger partial charge < -0.3 is 14.6 Å². The van der Waals surface area contributed by atoms with Crippen LogP contribution in [0.2, 0.25) is 0 Å². The predicted molar refractivity (Wildman–Crippen MR) is 62.8 cm³/mol. The van der Waals surface area contributed by atoms with Gasteiger partial charge in [-0.3, -0.25) is 9.69 Å². The van der Waals surface area contributed by atoms with Gasteiger partial charge in [0, 0.05) is 18.7 Å². The molecule has 6 heteroatoms. The average Bonchev–Trinajstić information content (AvgIpc) is 2.75. The molecule has 0 aromatic heterocycles. The maximum atomic E-state index is 11.6. The van der Waals surface area contributed by atoms with Gasteiger partial charge >= 0.3 is 5.97 Å². The van der Waals surface area contributed by atoms with Crippen molar-refractivity contribution in [2.75, 3.05) is 11.7 Å². The van der Waals surface area contributed by atoms with Crippen LogP contribution in [0.3, 0.4) is 0 Å². The second-order valence-corrected chi connectivity index (χ2v) is 3.94. The van der Waals surface area contributed by atoms with E-state index >= 15 is 0 Å². The van der Waals surface area contributed by atoms with Crippen molar-refractivity contribution in [2.45, 2.75) is 19.9 Å². The Labute approximate surface area is 104 Å². The van der Waals surface area contributed by atoms with Gasteiger partial charge in [0.15, 0.2) is 11.5 Å². The van der Waals surface area contributed by atoms with Crippen molar-refractivity contribution in [3.8, 4) is 11.5 Å². The Kier molecular flexibility index (Phi) is 3.10. The van der Waals surface area contributed by atoms with Crippen molar-refractivity contribution in [2.24, 2.45) is 0 Å². The number of nitrogens with zero attached hydrogens (tertiary/aromatic N) is 1. The first-order chi connectivity index (χ1) is 8.50. The summed E-state index contributed by atoms with van der Waals surface area (Å²) in [6.07, 6.45) is 0. The van der Waals surface area contributed by atoms with Crippen LogP contribution in [0.25, 0.3) is 0 Å². The highest BCUT2D eigenvalue weighted by Crippen LogP contribution is 2.36. The molecule has 1 amide bonds. The van der Waals surface area contributed by atoms with Crippen molar-refractivity contribution in [3.63, 3.8) is 0 Å². The first kappa shape index (κ1) is 12.2. The molecule has 18 heavy (non-hydrogen) atoms. The van der Waals surface area contributed by atoms with Crippen molar-refractivity contribution in [1.29, 1.82) is 0 Å². The van der Waals surface area contributed by atoms with E-state index in [-0.39, 0.29) is 12.7 Å². The van der Waals surface area contributed by atoms with E-state index < -0.39 is 12.0 Å². The van der Waals surface area contributed by atoms with Crippen LogP contribution in [-0.4, -0.2) is 29.8 Å². The van der Waals surface area contributed by atoms with Crippen LogP contribution < -0.4 is 14.4 Å². The standard InChI is InChI=1S/C12H13NO5/c1-7(12(15)16)13(8(2)14)9-3-4-10-11(5-9)18-6-17-10/h3-5,7H,6H2,1-2H3,(H,15,16)/t7-/m0/s1. The van der Waals surface area contributed by atoms with E-state index in [0.717, 1.165) is 0 Å². The molecular weight excluding hydrogens is 238 g/mol. The molecule has 6 nitrogen and oxygen atoms in total. The molecule has 1 N–H and O–H groups in total. The molecule has 1 aliphatic heterocycles. The smallest absolute Gasteiger partial charge is 0.326 e. The van der Waals surface area contributed by atoms with Crippen LogP contribution in [0.4, 0.5) is 5.69 Å². The third-order valence-electron chi connectivity index (χ3n) is 2.72. The zero-order chi connectivity index (χ0) is 13.3. The Morgan fingerprint density at radius 1 is 1.33 bits per heavy atom. The maximum Gasteiger partial charge on any atom is 0.326 e. The summed E-state index contributed by atoms with van der Waals surface area (Å²) in [5.41, 5.74) is 0.474. The molecule has 1 aromatic rings. The summed E-state index contributed by atoms with van der Waals surface area (Å²) in [4.78, 5) is 23.8. The lowest BCUT2D eigenvalue weighted by molar-refractivity contribution is -0.139. The number of amides is 1. The second-order valence-electron chi connectivity index (χ2n) is 3.94. The summed E-state index contributed by atoms with van der Waals surface area (Å²) >= 11 is 0. The van der Waals surface area contributed by atoms with Crippen LogP contribution in [0, 0.1) is 0 Å². The molecule has 1 atom stereocenters. The Hall–Kier alpha value is -2.24. The quantitative estimate of drug-likeness (QED) is 0.874. The normalized spacial score (nSPS) is 14.1. The van der Waals surface area contributed by atoms with Crippen molar-refractivity contribution >= 4 is 17.6 Å². The van der Waals surface area contributed by atoms with Crippen molar-refractivity contribution in [1.82, 2.24) is 0 Å². The molecule has 0 bridgehead atoms. The molecule has 0 fully saturated rings. The predicted octanol–water partition coefficient (Wildman–Crippen LogP) is 1.24. The van der Waals surface area contributed by atoms with Gasteiger partial charge in [0.1, 0.15) is 6.04 Å². The average molecular weight is 251 g/mol. The molecule has 0 spiro atoms. The fourth-order valence-corrected chi connectivity index (χ4v) is 1.82. The molecule has 1 heterocycles. The number of carbonyl (C=O) groups is 2. The highest BCUT2D eigenvalue weighted by atomic mass is 16.7. The van der Waals surface area contributed by atoms with E-state index in [4.69, 9.17) is 14.6 Å². The Balaban J connectivity index is 2.37. The topological polar surface area (TPSA) is 76.1 Å². The number of carboxylic acids is 1. The van der Waals surface area contributed by atoms with Gasteiger partial charge in [-0.1, -0.05) is 0 Å². The highest BCUT2D eigenvalue weighted by molar-refractivity contribution is 5.97. The zero-order valence-electron chi connectivity index (χ0n) is 10.0. The molecule has 1 aliphatic rings. The van der Waals surface area contributed by atoms with Crippen LogP contribution in [-0.2, 0) is 9.59 Å². The number of aliphatic carboxylic acids is 1. The first-order valence-corrected chi connectivity index (χ1v) is 5.43. The fraction of sp³-hybridized carbons (Fsp3) is 0.333. The molecule has 2 rings (SSSR count). The summed E-state index contributed by atoms with van der Waals surface area (Å²) in [6.45, 7) is 2.91. The Morgan fingerprint density at radius 3 is 2.61 bits per heavy atom. The molecule has 0 saturated heterocycles. The number of ether oxygens (including phenoxy) is 2. The molecule has 0 radical (unpaired) electrons. The minimum atomic E-state index is -1.07. The lowest BCUT2D eigenvalue weighted by atomic mass is 10.2. The van der Waals surface area contributed by atoms with Crippen LogP contribution in [0.1, 0.15) is 13.8 Å². The summed E-state index contributed by atoms with van der Waals surface area (Å²) in [6, 6.07) is 3.95. The second kappa shape index (κ2) is 4.56. The number of carboxylic acid groups (broad SMARTS) is 1. The Morgan fingerprint density at radius 2 is 2.00 bits per heavy atom. The van der Waals surface area contributed by atoms with E-state index in [1.807, 2.05) is 0 Å². The van der Waals surface area contributed by atoms with Crippen molar-refractivity contribution in [3.05, 3.63) is 18.2 Å². The van der Waals surface area contributed by atoms with E-state index in [1.54, 1.807) is 18.2 Å². The van der Waals surface area contributed by atoms with Gasteiger partial charge in [-0.05, 0) is 19.1 Å². The molecule has 0 unspecified atom stereocenters. The van der Waals surface area contributed by atoms with Crippen LogP contribution in [0.15, 0.2) is 18.2 Å². The molecule has 96 valence electrons. The largest absolute Gasteiger partial charge is 0.480 e. The zero-order valence-corrected chi connectivity index (χ0v) is 10.0. The van der Waals surface area contributed by atoms with Crippen LogP contribution in [0.5, 0.6) is 11.5 Å². The lowest BCUT2D eigenvalue weighted by Gasteiger charge is -2.25. The fourth-order valence-electron chi connectivity index (χ4n) is 1.82. The summed E-state index contributed by atoms with van der Waals surface area (Å²) in [5.74, 6) is -0.312. The molecular formula is C12H13NO5. The number of fused-ring (bicyclic) bond motifs is 1. The van der Waals surface area contributed by atoms with E-state index in [1.165, 1.54) is 18.7 Å². The third-order valence-corrected chi connectivity index (χ3v) is 2.72. The minimum absolute atomic E-state index is 0.132. The highest BCUT2D eigenvalue weighted by Gasteiger charge is 2.26. The van der Waals surface area contributed by atoms with E-state index in [9.17, 15) is 9.59 Å². The number of carbonyl (C=O) groups excluding carboxylic acids is 1. The number of rotatable bonds is 3. The van der Waals surface area contributed by atoms with Gasteiger partial charge in [-0.25, -0.2) is 4.79 Å². The minimum Gasteiger partial charge on any atom is -0.480 e. The summed E-state index contributed by atoms with van der Waals surface area (Å²) in [7, 11) is 0. The van der Waals surface area contributed by atoms with Gasteiger partial charge in [0.05, 0.1) is 0 Å². The third kappa shape index (κ3) is 2.09. The number of benzene rings is 1. The molecule has 1 aromatic carbocycles. The molecule has 0 saturated carbocycles. The lowest BCUT2D eigenvalue weighted by Crippen LogP contribution is -2.42. The monoisotopic (exact) mass is 251 g/mol. The number of anilines is 1. The van der Waals surface area contributed by atoms with E-state index in [0.29, 0.717) is 17.2 Å². The summed E-state index contributed by atoms with van der Waals surface area (Å²) in [5, 5.41) is 9.01. The number of hydrogen-bond acceptors (Lipinski definition) is 4. The SMILES string of the molecule is CC(=O)N(c1ccc2c(c1)OCO2)[C@@H](C)C(=O)O. The Bertz CT molecular complexity index is 499. The van der Waals surface area contributed by atoms with Gasteiger partial charge in [0.25, 0.3) is 0 Å². The van der Waals surface area contributed by atoms with Gasteiger partial charge in [0.2, 0.25) is 12.7 Å². The van der Waals surface area contributed by atoms with Crippen LogP contribution >= 0.6 is 0 Å². The summed E-state index contributed by atoms with van der Waals surface area (Å²) < 4.78 is 10.4. The molecule has 0 aliphatic carbocycles. The number of hydrogen-bond donors (Lipinski definition) is 1. The first-order valence-electron chi connectivity index (χ1n) is 5.43. The van der Waals surface area contributed by atoms with Crippen molar-refractivity contribution < 1.29 is 24.2 Å².